The number of hydrogen-bond acceptors (Lipinski definition) is 6. The van der Waals surface area contributed by atoms with Crippen LogP contribution in [0.25, 0.3) is 28.2 Å². The fourth-order valence-electron chi connectivity index (χ4n) is 2.50. The highest BCUT2D eigenvalue weighted by molar-refractivity contribution is 7.08. The zero-order valence-corrected chi connectivity index (χ0v) is 13.6. The molecule has 0 atom stereocenters. The van der Waals surface area contributed by atoms with Gasteiger partial charge in [-0.2, -0.15) is 11.3 Å². The number of aromatic nitrogens is 4. The number of nitrogens with one attached hydrogen (secondary N) is 1. The number of anilines is 1. The van der Waals surface area contributed by atoms with Crippen molar-refractivity contribution in [1.82, 2.24) is 19.5 Å². The smallest absolute Gasteiger partial charge is 0.170 e. The summed E-state index contributed by atoms with van der Waals surface area (Å²) < 4.78 is 1.95. The van der Waals surface area contributed by atoms with Gasteiger partial charge >= 0.3 is 0 Å². The number of imidazole rings is 1. The molecule has 0 unspecified atom stereocenters. The van der Waals surface area contributed by atoms with Crippen molar-refractivity contribution in [2.75, 3.05) is 18.5 Å². The van der Waals surface area contributed by atoms with Crippen LogP contribution in [0.5, 0.6) is 0 Å². The van der Waals surface area contributed by atoms with Crippen LogP contribution in [-0.2, 0) is 0 Å². The van der Waals surface area contributed by atoms with E-state index in [1.807, 2.05) is 51.7 Å². The number of benzene rings is 1. The summed E-state index contributed by atoms with van der Waals surface area (Å²) in [7, 11) is 0. The van der Waals surface area contributed by atoms with Crippen LogP contribution in [0.4, 0.5) is 5.82 Å². The Labute approximate surface area is 142 Å². The first-order chi connectivity index (χ1) is 11.9. The summed E-state index contributed by atoms with van der Waals surface area (Å²) in [6, 6.07) is 11.9. The van der Waals surface area contributed by atoms with Crippen LogP contribution in [0.15, 0.2) is 53.5 Å². The molecule has 0 aliphatic heterocycles. The van der Waals surface area contributed by atoms with Gasteiger partial charge in [0.15, 0.2) is 22.8 Å². The maximum absolute atomic E-state index is 9.11. The first kappa shape index (κ1) is 14.8. The second-order valence-electron chi connectivity index (χ2n) is 5.18. The third kappa shape index (κ3) is 2.64. The Balaban J connectivity index is 1.92. The van der Waals surface area contributed by atoms with Crippen LogP contribution < -0.4 is 5.32 Å². The Morgan fingerprint density at radius 2 is 2.00 bits per heavy atom. The monoisotopic (exact) mass is 337 g/mol. The van der Waals surface area contributed by atoms with Crippen LogP contribution in [0.3, 0.4) is 0 Å². The largest absolute Gasteiger partial charge is 0.395 e. The summed E-state index contributed by atoms with van der Waals surface area (Å²) in [5.41, 5.74) is 3.38. The van der Waals surface area contributed by atoms with Crippen LogP contribution in [0.1, 0.15) is 0 Å². The molecular weight excluding hydrogens is 322 g/mol. The second kappa shape index (κ2) is 6.38. The van der Waals surface area contributed by atoms with Crippen molar-refractivity contribution in [3.8, 4) is 17.1 Å². The third-order valence-electron chi connectivity index (χ3n) is 3.62. The Morgan fingerprint density at radius 3 is 2.75 bits per heavy atom. The van der Waals surface area contributed by atoms with Crippen LogP contribution >= 0.6 is 11.3 Å². The Bertz CT molecular complexity index is 950. The lowest BCUT2D eigenvalue weighted by atomic mass is 10.2. The van der Waals surface area contributed by atoms with Gasteiger partial charge in [0.2, 0.25) is 0 Å². The minimum atomic E-state index is 0.0252. The van der Waals surface area contributed by atoms with E-state index >= 15 is 0 Å². The maximum atomic E-state index is 9.11. The van der Waals surface area contributed by atoms with E-state index in [-0.39, 0.29) is 6.61 Å². The Morgan fingerprint density at radius 1 is 1.12 bits per heavy atom. The van der Waals surface area contributed by atoms with Crippen molar-refractivity contribution in [2.45, 2.75) is 0 Å². The van der Waals surface area contributed by atoms with Crippen LogP contribution in [0.2, 0.25) is 0 Å². The number of aliphatic hydroxyl groups is 1. The normalized spacial score (nSPS) is 11.0. The molecule has 0 spiro atoms. The Kier molecular flexibility index (Phi) is 3.94. The van der Waals surface area contributed by atoms with Gasteiger partial charge < -0.3 is 10.4 Å². The molecule has 0 amide bonds. The number of rotatable bonds is 5. The zero-order valence-electron chi connectivity index (χ0n) is 12.8. The van der Waals surface area contributed by atoms with Gasteiger partial charge in [0.25, 0.3) is 0 Å². The molecule has 4 rings (SSSR count). The van der Waals surface area contributed by atoms with E-state index < -0.39 is 0 Å². The number of fused-ring (bicyclic) bond motifs is 1. The molecule has 3 aromatic heterocycles. The van der Waals surface area contributed by atoms with Crippen molar-refractivity contribution in [3.05, 3.63) is 53.5 Å². The highest BCUT2D eigenvalue weighted by Crippen LogP contribution is 2.26. The van der Waals surface area contributed by atoms with Crippen molar-refractivity contribution >= 4 is 28.3 Å². The van der Waals surface area contributed by atoms with Crippen molar-refractivity contribution < 1.29 is 5.11 Å². The van der Waals surface area contributed by atoms with E-state index in [1.165, 1.54) is 0 Å². The van der Waals surface area contributed by atoms with Crippen molar-refractivity contribution in [2.24, 2.45) is 0 Å². The van der Waals surface area contributed by atoms with Gasteiger partial charge in [-0.25, -0.2) is 15.0 Å². The molecule has 0 radical (unpaired) electrons. The lowest BCUT2D eigenvalue weighted by Gasteiger charge is -2.08. The van der Waals surface area contributed by atoms with Gasteiger partial charge in [-0.3, -0.25) is 4.57 Å². The third-order valence-corrected chi connectivity index (χ3v) is 4.29. The lowest BCUT2D eigenvalue weighted by molar-refractivity contribution is 0.311. The molecule has 24 heavy (non-hydrogen) atoms. The fourth-order valence-corrected chi connectivity index (χ4v) is 3.13. The molecule has 3 heterocycles. The second-order valence-corrected chi connectivity index (χ2v) is 5.96. The maximum Gasteiger partial charge on any atom is 0.170 e. The molecule has 0 saturated heterocycles. The van der Waals surface area contributed by atoms with Gasteiger partial charge in [-0.1, -0.05) is 30.3 Å². The number of thiophene rings is 1. The van der Waals surface area contributed by atoms with Crippen molar-refractivity contribution in [1.29, 1.82) is 0 Å². The predicted octanol–water partition coefficient (Wildman–Crippen LogP) is 2.95. The summed E-state index contributed by atoms with van der Waals surface area (Å²) in [6.07, 6.45) is 1.75. The van der Waals surface area contributed by atoms with Crippen LogP contribution in [0, 0.1) is 0 Å². The topological polar surface area (TPSA) is 75.9 Å². The zero-order chi connectivity index (χ0) is 16.4. The van der Waals surface area contributed by atoms with E-state index in [0.717, 1.165) is 16.9 Å². The van der Waals surface area contributed by atoms with E-state index in [0.29, 0.717) is 23.7 Å². The molecule has 7 heteroatoms. The van der Waals surface area contributed by atoms with E-state index in [9.17, 15) is 0 Å². The highest BCUT2D eigenvalue weighted by atomic mass is 32.1. The molecule has 2 N–H and O–H groups in total. The summed E-state index contributed by atoms with van der Waals surface area (Å²) in [4.78, 5) is 13.8. The first-order valence-electron chi connectivity index (χ1n) is 7.54. The fraction of sp³-hybridized carbons (Fsp3) is 0.118. The van der Waals surface area contributed by atoms with Crippen LogP contribution in [-0.4, -0.2) is 37.8 Å². The van der Waals surface area contributed by atoms with Crippen molar-refractivity contribution in [3.63, 3.8) is 0 Å². The molecule has 0 fully saturated rings. The average Bonchev–Trinajstić information content (AvgIpc) is 3.29. The lowest BCUT2D eigenvalue weighted by Crippen LogP contribution is -2.09. The van der Waals surface area contributed by atoms with Gasteiger partial charge in [0.05, 0.1) is 12.3 Å². The molecule has 1 aromatic carbocycles. The molecular formula is C17H15N5OS. The standard InChI is InChI=1S/C17H15N5OS/c23-8-7-18-16-14-17(22(11-19-14)13-6-9-24-10-13)21-15(20-16)12-4-2-1-3-5-12/h1-6,9-11,23H,7-8H2,(H,18,20,21). The molecule has 4 aromatic rings. The molecule has 0 aliphatic rings. The molecule has 120 valence electrons. The first-order valence-corrected chi connectivity index (χ1v) is 8.49. The molecule has 0 bridgehead atoms. The van der Waals surface area contributed by atoms with Gasteiger partial charge in [-0.05, 0) is 11.4 Å². The minimum Gasteiger partial charge on any atom is -0.395 e. The molecule has 6 nitrogen and oxygen atoms in total. The quantitative estimate of drug-likeness (QED) is 0.585. The summed E-state index contributed by atoms with van der Waals surface area (Å²) in [5, 5.41) is 16.3. The van der Waals surface area contributed by atoms with E-state index in [2.05, 4.69) is 15.3 Å². The SMILES string of the molecule is OCCNc1nc(-c2ccccc2)nc2c1ncn2-c1ccsc1. The van der Waals surface area contributed by atoms with Gasteiger partial charge in [-0.15, -0.1) is 0 Å². The summed E-state index contributed by atoms with van der Waals surface area (Å²) in [6.45, 7) is 0.434. The number of hydrogen-bond donors (Lipinski definition) is 2. The molecule has 0 aliphatic carbocycles. The minimum absolute atomic E-state index is 0.0252. The summed E-state index contributed by atoms with van der Waals surface area (Å²) >= 11 is 1.62. The highest BCUT2D eigenvalue weighted by Gasteiger charge is 2.15. The predicted molar refractivity (Wildman–Crippen MR) is 95.5 cm³/mol. The van der Waals surface area contributed by atoms with E-state index in [1.54, 1.807) is 17.7 Å². The Hall–Kier alpha value is -2.77. The average molecular weight is 337 g/mol. The number of nitrogens with zero attached hydrogens (tertiary/aromatic N) is 4. The van der Waals surface area contributed by atoms with Gasteiger partial charge in [0.1, 0.15) is 6.33 Å². The molecule has 0 saturated carbocycles. The van der Waals surface area contributed by atoms with Gasteiger partial charge in [0, 0.05) is 17.5 Å². The summed E-state index contributed by atoms with van der Waals surface area (Å²) in [5.74, 6) is 1.25. The number of aliphatic hydroxyl groups excluding tert-OH is 1. The van der Waals surface area contributed by atoms with E-state index in [4.69, 9.17) is 10.1 Å².